The second kappa shape index (κ2) is 8.20. The standard InChI is InChI=1S/C26H23FN4S/c1-17-12-13-19(16-18(17)2)30-15-7-11-23(30)25-24(21-9-5-6-14-28-21)29-26(32)31(25)22-10-4-3-8-20(22)27/h3-16,24-25H,1-2H3,(H,29,32)/t24-,25-/m1/s1. The van der Waals surface area contributed by atoms with Gasteiger partial charge in [-0.1, -0.05) is 24.3 Å². The Balaban J connectivity index is 1.69. The highest BCUT2D eigenvalue weighted by Gasteiger charge is 2.42. The molecule has 0 unspecified atom stereocenters. The smallest absolute Gasteiger partial charge is 0.174 e. The van der Waals surface area contributed by atoms with Crippen molar-refractivity contribution in [3.63, 3.8) is 0 Å². The number of thiocarbonyl (C=S) groups is 1. The van der Waals surface area contributed by atoms with Crippen LogP contribution in [-0.4, -0.2) is 14.7 Å². The number of benzene rings is 2. The molecule has 1 N–H and O–H groups in total. The monoisotopic (exact) mass is 442 g/mol. The summed E-state index contributed by atoms with van der Waals surface area (Å²) in [6, 6.07) is 22.5. The molecule has 0 aliphatic carbocycles. The second-order valence-electron chi connectivity index (χ2n) is 8.02. The molecule has 2 aromatic carbocycles. The van der Waals surface area contributed by atoms with E-state index in [1.807, 2.05) is 41.4 Å². The van der Waals surface area contributed by atoms with Gasteiger partial charge in [-0.25, -0.2) is 4.39 Å². The van der Waals surface area contributed by atoms with E-state index >= 15 is 0 Å². The first-order valence-corrected chi connectivity index (χ1v) is 11.0. The van der Waals surface area contributed by atoms with Gasteiger partial charge in [-0.3, -0.25) is 4.98 Å². The SMILES string of the molecule is Cc1ccc(-n2cccc2[C@@H]2[C@@H](c3ccccn3)NC(=S)N2c2ccccc2F)cc1C. The third-order valence-electron chi connectivity index (χ3n) is 6.06. The van der Waals surface area contributed by atoms with Gasteiger partial charge in [0.15, 0.2) is 5.11 Å². The van der Waals surface area contributed by atoms with E-state index in [1.54, 1.807) is 18.3 Å². The summed E-state index contributed by atoms with van der Waals surface area (Å²) in [5, 5.41) is 3.87. The molecule has 4 nitrogen and oxygen atoms in total. The van der Waals surface area contributed by atoms with Gasteiger partial charge in [0.05, 0.1) is 17.4 Å². The molecule has 1 aliphatic rings. The highest BCUT2D eigenvalue weighted by atomic mass is 32.1. The molecule has 6 heteroatoms. The third-order valence-corrected chi connectivity index (χ3v) is 6.38. The van der Waals surface area contributed by atoms with Gasteiger partial charge in [0.2, 0.25) is 0 Å². The molecule has 0 radical (unpaired) electrons. The maximum absolute atomic E-state index is 14.9. The number of rotatable bonds is 4. The van der Waals surface area contributed by atoms with Crippen LogP contribution in [0.3, 0.4) is 0 Å². The summed E-state index contributed by atoms with van der Waals surface area (Å²) >= 11 is 5.72. The number of nitrogens with one attached hydrogen (secondary N) is 1. The topological polar surface area (TPSA) is 33.1 Å². The number of hydrogen-bond donors (Lipinski definition) is 1. The van der Waals surface area contributed by atoms with Crippen LogP contribution < -0.4 is 10.2 Å². The summed E-state index contributed by atoms with van der Waals surface area (Å²) in [4.78, 5) is 6.45. The molecule has 1 saturated heterocycles. The van der Waals surface area contributed by atoms with E-state index in [0.717, 1.165) is 17.1 Å². The lowest BCUT2D eigenvalue weighted by molar-refractivity contribution is 0.542. The molecule has 0 spiro atoms. The van der Waals surface area contributed by atoms with E-state index in [1.165, 1.54) is 17.2 Å². The first kappa shape index (κ1) is 20.4. The minimum absolute atomic E-state index is 0.233. The zero-order valence-corrected chi connectivity index (χ0v) is 18.7. The highest BCUT2D eigenvalue weighted by Crippen LogP contribution is 2.42. The minimum Gasteiger partial charge on any atom is -0.351 e. The zero-order valence-electron chi connectivity index (χ0n) is 17.9. The van der Waals surface area contributed by atoms with Gasteiger partial charge in [0, 0.05) is 23.8 Å². The van der Waals surface area contributed by atoms with Crippen molar-refractivity contribution in [1.29, 1.82) is 0 Å². The Kier molecular flexibility index (Phi) is 5.23. The van der Waals surface area contributed by atoms with Crippen LogP contribution in [-0.2, 0) is 0 Å². The fourth-order valence-electron chi connectivity index (χ4n) is 4.31. The normalized spacial score (nSPS) is 18.1. The van der Waals surface area contributed by atoms with Crippen molar-refractivity contribution >= 4 is 23.0 Å². The van der Waals surface area contributed by atoms with Crippen molar-refractivity contribution < 1.29 is 4.39 Å². The fraction of sp³-hybridized carbons (Fsp3) is 0.154. The Morgan fingerprint density at radius 1 is 0.938 bits per heavy atom. The molecule has 0 bridgehead atoms. The van der Waals surface area contributed by atoms with Gasteiger partial charge in [0.1, 0.15) is 11.9 Å². The number of nitrogens with zero attached hydrogens (tertiary/aromatic N) is 3. The molecule has 1 aliphatic heterocycles. The molecular formula is C26H23FN4S. The van der Waals surface area contributed by atoms with Crippen LogP contribution in [0.25, 0.3) is 5.69 Å². The predicted octanol–water partition coefficient (Wildman–Crippen LogP) is 5.81. The summed E-state index contributed by atoms with van der Waals surface area (Å²) in [7, 11) is 0. The average Bonchev–Trinajstić information content (AvgIpc) is 3.41. The van der Waals surface area contributed by atoms with Crippen molar-refractivity contribution in [1.82, 2.24) is 14.9 Å². The van der Waals surface area contributed by atoms with E-state index in [0.29, 0.717) is 10.8 Å². The van der Waals surface area contributed by atoms with Crippen LogP contribution in [0.2, 0.25) is 0 Å². The molecule has 3 heterocycles. The van der Waals surface area contributed by atoms with Crippen molar-refractivity contribution in [3.8, 4) is 5.69 Å². The van der Waals surface area contributed by atoms with E-state index in [-0.39, 0.29) is 17.9 Å². The summed E-state index contributed by atoms with van der Waals surface area (Å²) in [6.45, 7) is 4.21. The summed E-state index contributed by atoms with van der Waals surface area (Å²) < 4.78 is 17.1. The Morgan fingerprint density at radius 2 is 1.75 bits per heavy atom. The van der Waals surface area contributed by atoms with Crippen molar-refractivity contribution in [2.24, 2.45) is 0 Å². The molecular weight excluding hydrogens is 419 g/mol. The van der Waals surface area contributed by atoms with Gasteiger partial charge in [-0.2, -0.15) is 0 Å². The van der Waals surface area contributed by atoms with Crippen LogP contribution in [0, 0.1) is 19.7 Å². The Hall–Kier alpha value is -3.51. The van der Waals surface area contributed by atoms with Crippen molar-refractivity contribution in [3.05, 3.63) is 114 Å². The number of aryl methyl sites for hydroxylation is 2. The van der Waals surface area contributed by atoms with Crippen LogP contribution in [0.4, 0.5) is 10.1 Å². The van der Waals surface area contributed by atoms with Crippen molar-refractivity contribution in [2.75, 3.05) is 4.90 Å². The van der Waals surface area contributed by atoms with E-state index in [2.05, 4.69) is 53.0 Å². The Labute approximate surface area is 192 Å². The number of pyridine rings is 1. The van der Waals surface area contributed by atoms with Gasteiger partial charge in [0.25, 0.3) is 0 Å². The summed E-state index contributed by atoms with van der Waals surface area (Å²) in [5.74, 6) is -0.312. The molecule has 0 saturated carbocycles. The largest absolute Gasteiger partial charge is 0.351 e. The Morgan fingerprint density at radius 3 is 2.50 bits per heavy atom. The van der Waals surface area contributed by atoms with Crippen molar-refractivity contribution in [2.45, 2.75) is 25.9 Å². The molecule has 160 valence electrons. The molecule has 2 atom stereocenters. The van der Waals surface area contributed by atoms with E-state index in [4.69, 9.17) is 12.2 Å². The van der Waals surface area contributed by atoms with Crippen LogP contribution in [0.1, 0.15) is 34.6 Å². The number of para-hydroxylation sites is 1. The quantitative estimate of drug-likeness (QED) is 0.405. The fourth-order valence-corrected chi connectivity index (χ4v) is 4.65. The summed E-state index contributed by atoms with van der Waals surface area (Å²) in [5.41, 5.74) is 5.81. The van der Waals surface area contributed by atoms with Gasteiger partial charge >= 0.3 is 0 Å². The van der Waals surface area contributed by atoms with Crippen LogP contribution in [0.5, 0.6) is 0 Å². The maximum Gasteiger partial charge on any atom is 0.174 e. The molecule has 0 amide bonds. The van der Waals surface area contributed by atoms with Crippen LogP contribution in [0.15, 0.2) is 85.2 Å². The lowest BCUT2D eigenvalue weighted by atomic mass is 10.0. The molecule has 5 rings (SSSR count). The number of halogens is 1. The summed E-state index contributed by atoms with van der Waals surface area (Å²) in [6.07, 6.45) is 3.81. The van der Waals surface area contributed by atoms with E-state index < -0.39 is 0 Å². The zero-order chi connectivity index (χ0) is 22.2. The first-order valence-electron chi connectivity index (χ1n) is 10.5. The van der Waals surface area contributed by atoms with Gasteiger partial charge in [-0.05, 0) is 85.7 Å². The minimum atomic E-state index is -0.312. The molecule has 1 fully saturated rings. The Bertz CT molecular complexity index is 1280. The third kappa shape index (κ3) is 3.46. The highest BCUT2D eigenvalue weighted by molar-refractivity contribution is 7.80. The molecule has 2 aromatic heterocycles. The number of anilines is 1. The van der Waals surface area contributed by atoms with E-state index in [9.17, 15) is 4.39 Å². The second-order valence-corrected chi connectivity index (χ2v) is 8.41. The molecule has 4 aromatic rings. The lowest BCUT2D eigenvalue weighted by Crippen LogP contribution is -2.31. The number of aromatic nitrogens is 2. The maximum atomic E-state index is 14.9. The van der Waals surface area contributed by atoms with Gasteiger partial charge < -0.3 is 14.8 Å². The lowest BCUT2D eigenvalue weighted by Gasteiger charge is -2.29. The average molecular weight is 443 g/mol. The van der Waals surface area contributed by atoms with Crippen LogP contribution >= 0.6 is 12.2 Å². The van der Waals surface area contributed by atoms with Gasteiger partial charge in [-0.15, -0.1) is 0 Å². The number of hydrogen-bond acceptors (Lipinski definition) is 2. The first-order chi connectivity index (χ1) is 15.5. The molecule has 32 heavy (non-hydrogen) atoms. The predicted molar refractivity (Wildman–Crippen MR) is 130 cm³/mol.